The highest BCUT2D eigenvalue weighted by molar-refractivity contribution is 5.83. The quantitative estimate of drug-likeness (QED) is 0.344. The molecule has 0 fully saturated rings. The van der Waals surface area contributed by atoms with Gasteiger partial charge in [0.05, 0.1) is 31.0 Å². The second-order valence-electron chi connectivity index (χ2n) is 8.50. The lowest BCUT2D eigenvalue weighted by molar-refractivity contribution is -0.144. The van der Waals surface area contributed by atoms with E-state index >= 15 is 0 Å². The summed E-state index contributed by atoms with van der Waals surface area (Å²) < 4.78 is 12.1. The van der Waals surface area contributed by atoms with Gasteiger partial charge in [-0.15, -0.1) is 5.10 Å². The van der Waals surface area contributed by atoms with E-state index < -0.39 is 5.97 Å². The van der Waals surface area contributed by atoms with Crippen molar-refractivity contribution in [3.05, 3.63) is 75.2 Å². The summed E-state index contributed by atoms with van der Waals surface area (Å²) in [5, 5.41) is 13.0. The minimum atomic E-state index is -0.412. The summed E-state index contributed by atoms with van der Waals surface area (Å²) in [5.74, 6) is 0.859. The van der Waals surface area contributed by atoms with Crippen LogP contribution in [0.1, 0.15) is 54.6 Å². The van der Waals surface area contributed by atoms with E-state index in [1.807, 2.05) is 45.0 Å². The Balaban J connectivity index is 1.71. The number of tetrazole rings is 1. The standard InChI is InChI=1S/C25H30N6O4/c1-5-21(24-27-28-29-31(24)15-22(32)34-6-2)30(14-20-8-7-11-35-20)13-19-12-18-10-9-16(3)17(4)23(18)26-25(19)33/h7-12,21H,5-6,13-15H2,1-4H3,(H,26,33)/t21-/m1/s1. The van der Waals surface area contributed by atoms with Crippen LogP contribution in [0.4, 0.5) is 0 Å². The SMILES string of the molecule is CCOC(=O)Cn1nnnc1[C@@H](CC)N(Cc1ccco1)Cc1cc2ccc(C)c(C)c2[nH]c1=O. The highest BCUT2D eigenvalue weighted by Crippen LogP contribution is 2.27. The van der Waals surface area contributed by atoms with Gasteiger partial charge in [-0.05, 0) is 72.3 Å². The highest BCUT2D eigenvalue weighted by atomic mass is 16.5. The molecule has 0 aliphatic heterocycles. The van der Waals surface area contributed by atoms with Gasteiger partial charge >= 0.3 is 5.97 Å². The van der Waals surface area contributed by atoms with Crippen molar-refractivity contribution < 1.29 is 13.9 Å². The monoisotopic (exact) mass is 478 g/mol. The molecule has 10 heteroatoms. The summed E-state index contributed by atoms with van der Waals surface area (Å²) in [5.41, 5.74) is 3.51. The fraction of sp³-hybridized carbons (Fsp3) is 0.400. The number of esters is 1. The molecule has 0 spiro atoms. The van der Waals surface area contributed by atoms with E-state index in [0.29, 0.717) is 30.9 Å². The van der Waals surface area contributed by atoms with Gasteiger partial charge in [-0.25, -0.2) is 4.68 Å². The number of hydrogen-bond donors (Lipinski definition) is 1. The van der Waals surface area contributed by atoms with Crippen LogP contribution >= 0.6 is 0 Å². The van der Waals surface area contributed by atoms with Crippen LogP contribution in [0.3, 0.4) is 0 Å². The molecule has 0 aliphatic carbocycles. The predicted molar refractivity (Wildman–Crippen MR) is 129 cm³/mol. The Morgan fingerprint density at radius 1 is 1.23 bits per heavy atom. The third-order valence-corrected chi connectivity index (χ3v) is 6.21. The van der Waals surface area contributed by atoms with Crippen molar-refractivity contribution >= 4 is 16.9 Å². The van der Waals surface area contributed by atoms with Crippen LogP contribution in [0.25, 0.3) is 10.9 Å². The van der Waals surface area contributed by atoms with E-state index in [1.165, 1.54) is 4.68 Å². The lowest BCUT2D eigenvalue weighted by atomic mass is 10.0. The Morgan fingerprint density at radius 3 is 2.77 bits per heavy atom. The Bertz CT molecular complexity index is 1360. The number of aromatic amines is 1. The summed E-state index contributed by atoms with van der Waals surface area (Å²) in [4.78, 5) is 30.4. The normalized spacial score (nSPS) is 12.4. The summed E-state index contributed by atoms with van der Waals surface area (Å²) in [6.07, 6.45) is 2.26. The number of pyridine rings is 1. The first-order valence-corrected chi connectivity index (χ1v) is 11.7. The van der Waals surface area contributed by atoms with E-state index in [0.717, 1.165) is 27.8 Å². The predicted octanol–water partition coefficient (Wildman–Crippen LogP) is 3.44. The molecule has 0 saturated carbocycles. The summed E-state index contributed by atoms with van der Waals surface area (Å²) in [6, 6.07) is 9.44. The largest absolute Gasteiger partial charge is 0.468 e. The van der Waals surface area contributed by atoms with E-state index in [4.69, 9.17) is 9.15 Å². The first-order valence-electron chi connectivity index (χ1n) is 11.7. The number of H-pyrrole nitrogens is 1. The minimum Gasteiger partial charge on any atom is -0.468 e. The first-order chi connectivity index (χ1) is 16.9. The second kappa shape index (κ2) is 10.6. The van der Waals surface area contributed by atoms with Gasteiger partial charge in [0, 0.05) is 12.1 Å². The average Bonchev–Trinajstić information content (AvgIpc) is 3.51. The van der Waals surface area contributed by atoms with Crippen molar-refractivity contribution in [3.63, 3.8) is 0 Å². The number of hydrogen-bond acceptors (Lipinski definition) is 8. The Hall–Kier alpha value is -3.79. The molecule has 3 heterocycles. The number of nitrogens with zero attached hydrogens (tertiary/aromatic N) is 5. The van der Waals surface area contributed by atoms with Crippen molar-refractivity contribution in [3.8, 4) is 0 Å². The fourth-order valence-electron chi connectivity index (χ4n) is 4.28. The van der Waals surface area contributed by atoms with Crippen LogP contribution in [0.2, 0.25) is 0 Å². The molecule has 1 aromatic carbocycles. The third-order valence-electron chi connectivity index (χ3n) is 6.21. The molecule has 0 aliphatic rings. The molecule has 0 bridgehead atoms. The van der Waals surface area contributed by atoms with Crippen molar-refractivity contribution in [1.29, 1.82) is 0 Å². The number of nitrogens with one attached hydrogen (secondary N) is 1. The molecule has 4 aromatic rings. The van der Waals surface area contributed by atoms with Crippen molar-refractivity contribution in [2.24, 2.45) is 0 Å². The number of benzene rings is 1. The molecular formula is C25H30N6O4. The van der Waals surface area contributed by atoms with Gasteiger partial charge in [-0.1, -0.05) is 19.1 Å². The van der Waals surface area contributed by atoms with Crippen molar-refractivity contribution in [2.75, 3.05) is 6.61 Å². The maximum absolute atomic E-state index is 13.1. The number of furan rings is 1. The zero-order chi connectivity index (χ0) is 24.9. The van der Waals surface area contributed by atoms with Gasteiger partial charge < -0.3 is 14.1 Å². The van der Waals surface area contributed by atoms with Gasteiger partial charge in [0.2, 0.25) is 0 Å². The van der Waals surface area contributed by atoms with Crippen LogP contribution in [-0.4, -0.2) is 42.7 Å². The van der Waals surface area contributed by atoms with Crippen LogP contribution in [-0.2, 0) is 29.2 Å². The lowest BCUT2D eigenvalue weighted by Gasteiger charge is -2.29. The summed E-state index contributed by atoms with van der Waals surface area (Å²) in [7, 11) is 0. The number of carbonyl (C=O) groups is 1. The second-order valence-corrected chi connectivity index (χ2v) is 8.50. The summed E-state index contributed by atoms with van der Waals surface area (Å²) in [6.45, 7) is 8.76. The molecule has 4 rings (SSSR count). The molecule has 0 saturated heterocycles. The lowest BCUT2D eigenvalue weighted by Crippen LogP contribution is -2.33. The smallest absolute Gasteiger partial charge is 0.327 e. The molecule has 184 valence electrons. The van der Waals surface area contributed by atoms with Crippen molar-refractivity contribution in [1.82, 2.24) is 30.1 Å². The number of aryl methyl sites for hydroxylation is 2. The first kappa shape index (κ1) is 24.3. The highest BCUT2D eigenvalue weighted by Gasteiger charge is 2.27. The molecule has 3 aromatic heterocycles. The van der Waals surface area contributed by atoms with Crippen LogP contribution in [0, 0.1) is 13.8 Å². The maximum atomic E-state index is 13.1. The molecular weight excluding hydrogens is 448 g/mol. The maximum Gasteiger partial charge on any atom is 0.327 e. The topological polar surface area (TPSA) is 119 Å². The number of carbonyl (C=O) groups excluding carboxylic acids is 1. The van der Waals surface area contributed by atoms with E-state index in [9.17, 15) is 9.59 Å². The van der Waals surface area contributed by atoms with Gasteiger partial charge in [-0.2, -0.15) is 0 Å². The Labute approximate surface area is 202 Å². The Morgan fingerprint density at radius 2 is 2.06 bits per heavy atom. The van der Waals surface area contributed by atoms with Gasteiger partial charge in [-0.3, -0.25) is 14.5 Å². The van der Waals surface area contributed by atoms with Crippen molar-refractivity contribution in [2.45, 2.75) is 59.8 Å². The molecule has 1 atom stereocenters. The Kier molecular flexibility index (Phi) is 7.40. The number of aromatic nitrogens is 5. The molecule has 0 unspecified atom stereocenters. The van der Waals surface area contributed by atoms with Gasteiger partial charge in [0.25, 0.3) is 5.56 Å². The van der Waals surface area contributed by atoms with Gasteiger partial charge in [0.15, 0.2) is 5.82 Å². The molecule has 1 N–H and O–H groups in total. The average molecular weight is 479 g/mol. The molecule has 10 nitrogen and oxygen atoms in total. The molecule has 35 heavy (non-hydrogen) atoms. The third kappa shape index (κ3) is 5.32. The zero-order valence-electron chi connectivity index (χ0n) is 20.4. The molecule has 0 radical (unpaired) electrons. The number of ether oxygens (including phenoxy) is 1. The van der Waals surface area contributed by atoms with Crippen LogP contribution in [0.5, 0.6) is 0 Å². The van der Waals surface area contributed by atoms with Crippen LogP contribution in [0.15, 0.2) is 45.8 Å². The summed E-state index contributed by atoms with van der Waals surface area (Å²) >= 11 is 0. The minimum absolute atomic E-state index is 0.0869. The fourth-order valence-corrected chi connectivity index (χ4v) is 4.28. The zero-order valence-corrected chi connectivity index (χ0v) is 20.4. The number of rotatable bonds is 10. The number of fused-ring (bicyclic) bond motifs is 1. The molecule has 0 amide bonds. The van der Waals surface area contributed by atoms with E-state index in [-0.39, 0.29) is 24.8 Å². The van der Waals surface area contributed by atoms with E-state index in [2.05, 4.69) is 31.5 Å². The van der Waals surface area contributed by atoms with Crippen LogP contribution < -0.4 is 5.56 Å². The van der Waals surface area contributed by atoms with E-state index in [1.54, 1.807) is 13.2 Å². The van der Waals surface area contributed by atoms with Gasteiger partial charge in [0.1, 0.15) is 12.3 Å².